The summed E-state index contributed by atoms with van der Waals surface area (Å²) in [6.45, 7) is 4.61. The largest absolute Gasteiger partial charge is 0.370 e. The summed E-state index contributed by atoms with van der Waals surface area (Å²) in [7, 11) is 0. The van der Waals surface area contributed by atoms with Crippen LogP contribution in [-0.2, 0) is 6.54 Å². The molecule has 0 bridgehead atoms. The lowest BCUT2D eigenvalue weighted by Gasteiger charge is -2.07. The van der Waals surface area contributed by atoms with E-state index >= 15 is 0 Å². The molecule has 0 fully saturated rings. The summed E-state index contributed by atoms with van der Waals surface area (Å²) in [4.78, 5) is 12.4. The van der Waals surface area contributed by atoms with Gasteiger partial charge in [0.15, 0.2) is 0 Å². The van der Waals surface area contributed by atoms with E-state index in [1.54, 1.807) is 12.4 Å². The van der Waals surface area contributed by atoms with E-state index in [2.05, 4.69) is 31.7 Å². The predicted molar refractivity (Wildman–Crippen MR) is 75.8 cm³/mol. The Labute approximate surface area is 113 Å². The lowest BCUT2D eigenvalue weighted by molar-refractivity contribution is 0.661. The molecule has 5 nitrogen and oxygen atoms in total. The molecule has 2 rings (SSSR count). The van der Waals surface area contributed by atoms with Gasteiger partial charge in [-0.25, -0.2) is 9.97 Å². The second-order valence-electron chi connectivity index (χ2n) is 4.31. The van der Waals surface area contributed by atoms with Gasteiger partial charge < -0.3 is 10.6 Å². The van der Waals surface area contributed by atoms with Crippen LogP contribution in [0.25, 0.3) is 0 Å². The topological polar surface area (TPSA) is 62.7 Å². The first kappa shape index (κ1) is 13.4. The second-order valence-corrected chi connectivity index (χ2v) is 4.31. The summed E-state index contributed by atoms with van der Waals surface area (Å²) in [5.74, 6) is 1.68. The Morgan fingerprint density at radius 2 is 2.11 bits per heavy atom. The van der Waals surface area contributed by atoms with Gasteiger partial charge in [0.05, 0.1) is 0 Å². The molecule has 2 N–H and O–H groups in total. The van der Waals surface area contributed by atoms with Crippen molar-refractivity contribution in [2.24, 2.45) is 0 Å². The number of rotatable bonds is 7. The number of hydrogen-bond acceptors (Lipinski definition) is 5. The first-order valence-corrected chi connectivity index (χ1v) is 6.48. The SMILES string of the molecule is Cc1nccc(NCCCNCc2cccnc2)n1. The van der Waals surface area contributed by atoms with Crippen molar-refractivity contribution >= 4 is 5.82 Å². The molecule has 0 radical (unpaired) electrons. The number of anilines is 1. The summed E-state index contributed by atoms with van der Waals surface area (Å²) in [6.07, 6.45) is 6.49. The van der Waals surface area contributed by atoms with E-state index < -0.39 is 0 Å². The molecule has 0 unspecified atom stereocenters. The Morgan fingerprint density at radius 1 is 1.16 bits per heavy atom. The number of aromatic nitrogens is 3. The highest BCUT2D eigenvalue weighted by Crippen LogP contribution is 2.00. The van der Waals surface area contributed by atoms with Crippen molar-refractivity contribution in [1.82, 2.24) is 20.3 Å². The van der Waals surface area contributed by atoms with E-state index in [0.29, 0.717) is 0 Å². The third-order valence-electron chi connectivity index (χ3n) is 2.66. The molecule has 5 heteroatoms. The van der Waals surface area contributed by atoms with Crippen LogP contribution in [0.4, 0.5) is 5.82 Å². The zero-order valence-electron chi connectivity index (χ0n) is 11.1. The molecule has 0 aliphatic heterocycles. The highest BCUT2D eigenvalue weighted by atomic mass is 15.0. The smallest absolute Gasteiger partial charge is 0.129 e. The minimum atomic E-state index is 0.791. The van der Waals surface area contributed by atoms with Gasteiger partial charge >= 0.3 is 0 Å². The van der Waals surface area contributed by atoms with Crippen LogP contribution >= 0.6 is 0 Å². The Bertz CT molecular complexity index is 486. The summed E-state index contributed by atoms with van der Waals surface area (Å²) >= 11 is 0. The van der Waals surface area contributed by atoms with Gasteiger partial charge in [-0.15, -0.1) is 0 Å². The van der Waals surface area contributed by atoms with Gasteiger partial charge in [0.1, 0.15) is 11.6 Å². The minimum Gasteiger partial charge on any atom is -0.370 e. The zero-order valence-corrected chi connectivity index (χ0v) is 11.1. The summed E-state index contributed by atoms with van der Waals surface area (Å²) in [5.41, 5.74) is 1.21. The van der Waals surface area contributed by atoms with Crippen molar-refractivity contribution in [3.05, 3.63) is 48.2 Å². The molecule has 0 atom stereocenters. The minimum absolute atomic E-state index is 0.791. The molecule has 0 aliphatic rings. The van der Waals surface area contributed by atoms with Gasteiger partial charge in [-0.2, -0.15) is 0 Å². The Hall–Kier alpha value is -2.01. The fourth-order valence-corrected chi connectivity index (χ4v) is 1.72. The van der Waals surface area contributed by atoms with E-state index in [4.69, 9.17) is 0 Å². The number of nitrogens with zero attached hydrogens (tertiary/aromatic N) is 3. The van der Waals surface area contributed by atoms with E-state index in [-0.39, 0.29) is 0 Å². The van der Waals surface area contributed by atoms with Crippen LogP contribution < -0.4 is 10.6 Å². The normalized spacial score (nSPS) is 10.4. The van der Waals surface area contributed by atoms with Crippen LogP contribution in [0.1, 0.15) is 17.8 Å². The molecular formula is C14H19N5. The first-order valence-electron chi connectivity index (χ1n) is 6.48. The van der Waals surface area contributed by atoms with Crippen LogP contribution in [0, 0.1) is 6.92 Å². The molecule has 19 heavy (non-hydrogen) atoms. The monoisotopic (exact) mass is 257 g/mol. The lowest BCUT2D eigenvalue weighted by Crippen LogP contribution is -2.18. The fourth-order valence-electron chi connectivity index (χ4n) is 1.72. The number of aryl methyl sites for hydroxylation is 1. The summed E-state index contributed by atoms with van der Waals surface area (Å²) < 4.78 is 0. The second kappa shape index (κ2) is 7.43. The van der Waals surface area contributed by atoms with Gasteiger partial charge in [0.2, 0.25) is 0 Å². The highest BCUT2D eigenvalue weighted by molar-refractivity contribution is 5.32. The Kier molecular flexibility index (Phi) is 5.25. The summed E-state index contributed by atoms with van der Waals surface area (Å²) in [5, 5.41) is 6.67. The molecule has 0 spiro atoms. The maximum Gasteiger partial charge on any atom is 0.129 e. The fraction of sp³-hybridized carbons (Fsp3) is 0.357. The Balaban J connectivity index is 1.58. The van der Waals surface area contributed by atoms with Crippen molar-refractivity contribution in [2.75, 3.05) is 18.4 Å². The number of pyridine rings is 1. The van der Waals surface area contributed by atoms with Crippen molar-refractivity contribution < 1.29 is 0 Å². The quantitative estimate of drug-likeness (QED) is 0.740. The molecule has 0 aromatic carbocycles. The zero-order chi connectivity index (χ0) is 13.3. The van der Waals surface area contributed by atoms with Crippen LogP contribution in [0.15, 0.2) is 36.8 Å². The average molecular weight is 257 g/mol. The first-order chi connectivity index (χ1) is 9.34. The number of hydrogen-bond donors (Lipinski definition) is 2. The molecule has 0 amide bonds. The van der Waals surface area contributed by atoms with Crippen molar-refractivity contribution in [2.45, 2.75) is 19.9 Å². The Morgan fingerprint density at radius 3 is 2.89 bits per heavy atom. The molecule has 2 aromatic heterocycles. The van der Waals surface area contributed by atoms with Gasteiger partial charge in [0, 0.05) is 31.7 Å². The van der Waals surface area contributed by atoms with E-state index in [1.165, 1.54) is 5.56 Å². The van der Waals surface area contributed by atoms with Crippen LogP contribution in [0.2, 0.25) is 0 Å². The third-order valence-corrected chi connectivity index (χ3v) is 2.66. The van der Waals surface area contributed by atoms with Crippen molar-refractivity contribution in [1.29, 1.82) is 0 Å². The van der Waals surface area contributed by atoms with Crippen LogP contribution in [0.5, 0.6) is 0 Å². The number of nitrogens with one attached hydrogen (secondary N) is 2. The van der Waals surface area contributed by atoms with Crippen molar-refractivity contribution in [3.8, 4) is 0 Å². The average Bonchev–Trinajstić information content (AvgIpc) is 2.44. The summed E-state index contributed by atoms with van der Waals surface area (Å²) in [6, 6.07) is 5.91. The third kappa shape index (κ3) is 5.01. The van der Waals surface area contributed by atoms with Crippen molar-refractivity contribution in [3.63, 3.8) is 0 Å². The lowest BCUT2D eigenvalue weighted by atomic mass is 10.3. The van der Waals surface area contributed by atoms with Gasteiger partial charge in [0.25, 0.3) is 0 Å². The van der Waals surface area contributed by atoms with Gasteiger partial charge in [-0.3, -0.25) is 4.98 Å². The predicted octanol–water partition coefficient (Wildman–Crippen LogP) is 1.77. The highest BCUT2D eigenvalue weighted by Gasteiger charge is 1.95. The maximum atomic E-state index is 4.29. The van der Waals surface area contributed by atoms with Gasteiger partial charge in [-0.05, 0) is 37.6 Å². The maximum absolute atomic E-state index is 4.29. The van der Waals surface area contributed by atoms with E-state index in [0.717, 1.165) is 37.7 Å². The molecule has 0 saturated carbocycles. The van der Waals surface area contributed by atoms with Gasteiger partial charge in [-0.1, -0.05) is 6.07 Å². The van der Waals surface area contributed by atoms with Crippen LogP contribution in [-0.4, -0.2) is 28.0 Å². The van der Waals surface area contributed by atoms with E-state index in [1.807, 2.05) is 25.3 Å². The standard InChI is InChI=1S/C14H19N5/c1-12-17-9-5-14(19-12)18-8-3-7-16-11-13-4-2-6-15-10-13/h2,4-6,9-10,16H,3,7-8,11H2,1H3,(H,17,18,19). The molecule has 0 aliphatic carbocycles. The molecule has 2 aromatic rings. The van der Waals surface area contributed by atoms with E-state index in [9.17, 15) is 0 Å². The molecular weight excluding hydrogens is 238 g/mol. The molecule has 0 saturated heterocycles. The molecule has 100 valence electrons. The van der Waals surface area contributed by atoms with Crippen LogP contribution in [0.3, 0.4) is 0 Å². The molecule has 2 heterocycles.